The van der Waals surface area contributed by atoms with Crippen molar-refractivity contribution in [1.82, 2.24) is 5.01 Å². The van der Waals surface area contributed by atoms with Crippen LogP contribution >= 0.6 is 0 Å². The van der Waals surface area contributed by atoms with Crippen LogP contribution in [0.3, 0.4) is 0 Å². The smallest absolute Gasteiger partial charge is 0.193 e. The van der Waals surface area contributed by atoms with Gasteiger partial charge in [0.15, 0.2) is 20.9 Å². The number of nitroso groups, excluding NO2 is 1. The van der Waals surface area contributed by atoms with Gasteiger partial charge in [0.25, 0.3) is 0 Å². The van der Waals surface area contributed by atoms with Crippen molar-refractivity contribution in [3.8, 4) is 0 Å². The van der Waals surface area contributed by atoms with Gasteiger partial charge in [-0.25, -0.2) is 8.42 Å². The number of rotatable bonds is 2. The number of nitrogens with zero attached hydrogens (tertiary/aromatic N) is 3. The Kier molecular flexibility index (Phi) is 3.34. The van der Waals surface area contributed by atoms with E-state index in [-0.39, 0.29) is 5.04 Å². The van der Waals surface area contributed by atoms with Crippen LogP contribution in [0.15, 0.2) is 33.2 Å². The summed E-state index contributed by atoms with van der Waals surface area (Å²) in [4.78, 5) is 11.1. The van der Waals surface area contributed by atoms with Crippen molar-refractivity contribution in [3.05, 3.63) is 27.8 Å². The lowest BCUT2D eigenvalue weighted by molar-refractivity contribution is 0.302. The minimum Gasteiger partial charge on any atom is -0.259 e. The van der Waals surface area contributed by atoms with Crippen molar-refractivity contribution < 1.29 is 8.42 Å². The number of hydrogen-bond acceptors (Lipinski definition) is 6. The molecular weight excluding hydrogens is 266 g/mol. The highest BCUT2D eigenvalue weighted by atomic mass is 32.2. The first-order valence-corrected chi connectivity index (χ1v) is 7.98. The van der Waals surface area contributed by atoms with Crippen molar-refractivity contribution >= 4 is 14.9 Å². The molecule has 0 radical (unpaired) electrons. The average Bonchev–Trinajstić information content (AvgIpc) is 2.69. The van der Waals surface area contributed by atoms with Crippen LogP contribution in [0, 0.1) is 4.91 Å². The molecule has 0 amide bonds. The van der Waals surface area contributed by atoms with E-state index in [1.807, 2.05) is 26.8 Å². The highest BCUT2D eigenvalue weighted by Gasteiger charge is 2.46. The molecule has 0 aliphatic carbocycles. The predicted molar refractivity (Wildman–Crippen MR) is 74.2 cm³/mol. The molecule has 0 aromatic heterocycles. The van der Waals surface area contributed by atoms with Gasteiger partial charge in [0.2, 0.25) is 0 Å². The first-order chi connectivity index (χ1) is 8.81. The summed E-state index contributed by atoms with van der Waals surface area (Å²) in [6.07, 6.45) is 3.74. The molecule has 0 spiro atoms. The molecule has 104 valence electrons. The SMILES string of the molecule is CCC1=C(C)C=C(C)N2N=C(S(C)(=O)=O)C(N=O)C12. The van der Waals surface area contributed by atoms with E-state index in [4.69, 9.17) is 0 Å². The van der Waals surface area contributed by atoms with E-state index < -0.39 is 21.9 Å². The van der Waals surface area contributed by atoms with Crippen LogP contribution in [0.25, 0.3) is 0 Å². The highest BCUT2D eigenvalue weighted by molar-refractivity contribution is 8.06. The minimum atomic E-state index is -3.53. The molecule has 0 fully saturated rings. The lowest BCUT2D eigenvalue weighted by Crippen LogP contribution is -2.40. The third-order valence-corrected chi connectivity index (χ3v) is 4.63. The lowest BCUT2D eigenvalue weighted by atomic mass is 9.91. The van der Waals surface area contributed by atoms with Crippen LogP contribution in [0.5, 0.6) is 0 Å². The molecule has 0 bridgehead atoms. The zero-order chi connectivity index (χ0) is 14.4. The molecule has 0 aromatic carbocycles. The maximum atomic E-state index is 11.7. The largest absolute Gasteiger partial charge is 0.259 e. The Morgan fingerprint density at radius 3 is 2.53 bits per heavy atom. The number of hydrogen-bond donors (Lipinski definition) is 0. The van der Waals surface area contributed by atoms with E-state index in [1.165, 1.54) is 0 Å². The van der Waals surface area contributed by atoms with Gasteiger partial charge in [-0.3, -0.25) is 5.01 Å². The summed E-state index contributed by atoms with van der Waals surface area (Å²) < 4.78 is 23.5. The Bertz CT molecular complexity index is 616. The van der Waals surface area contributed by atoms with Crippen LogP contribution in [-0.2, 0) is 9.84 Å². The summed E-state index contributed by atoms with van der Waals surface area (Å²) in [6, 6.07) is -1.35. The summed E-state index contributed by atoms with van der Waals surface area (Å²) in [7, 11) is -3.53. The van der Waals surface area contributed by atoms with Crippen LogP contribution in [0.4, 0.5) is 0 Å². The van der Waals surface area contributed by atoms with E-state index in [0.29, 0.717) is 0 Å². The molecule has 2 aliphatic rings. The number of hydrazone groups is 1. The molecule has 0 aromatic rings. The summed E-state index contributed by atoms with van der Waals surface area (Å²) >= 11 is 0. The molecule has 2 aliphatic heterocycles. The maximum Gasteiger partial charge on any atom is 0.193 e. The zero-order valence-electron chi connectivity index (χ0n) is 11.4. The van der Waals surface area contributed by atoms with Crippen molar-refractivity contribution in [3.63, 3.8) is 0 Å². The van der Waals surface area contributed by atoms with E-state index in [9.17, 15) is 13.3 Å². The fourth-order valence-electron chi connectivity index (χ4n) is 2.72. The molecule has 6 nitrogen and oxygen atoms in total. The summed E-state index contributed by atoms with van der Waals surface area (Å²) in [5.41, 5.74) is 2.89. The Hall–Kier alpha value is -1.50. The molecule has 2 atom stereocenters. The average molecular weight is 283 g/mol. The van der Waals surface area contributed by atoms with Gasteiger partial charge in [-0.2, -0.15) is 5.10 Å². The molecule has 0 saturated carbocycles. The van der Waals surface area contributed by atoms with E-state index >= 15 is 0 Å². The van der Waals surface area contributed by atoms with Crippen molar-refractivity contribution in [2.24, 2.45) is 10.3 Å². The van der Waals surface area contributed by atoms with Crippen LogP contribution in [-0.4, -0.2) is 36.8 Å². The van der Waals surface area contributed by atoms with Crippen molar-refractivity contribution in [2.75, 3.05) is 6.26 Å². The third kappa shape index (κ3) is 2.11. The van der Waals surface area contributed by atoms with Crippen LogP contribution in [0.1, 0.15) is 27.2 Å². The van der Waals surface area contributed by atoms with Gasteiger partial charge in [0.05, 0.1) is 0 Å². The second-order valence-corrected chi connectivity index (χ2v) is 6.86. The zero-order valence-corrected chi connectivity index (χ0v) is 12.2. The Morgan fingerprint density at radius 1 is 1.42 bits per heavy atom. The first-order valence-electron chi connectivity index (χ1n) is 6.09. The Balaban J connectivity index is 2.60. The normalized spacial score (nSPS) is 27.1. The number of sulfone groups is 1. The number of allylic oxidation sites excluding steroid dienone is 3. The van der Waals surface area contributed by atoms with Crippen LogP contribution < -0.4 is 0 Å². The second-order valence-electron chi connectivity index (χ2n) is 4.90. The number of fused-ring (bicyclic) bond motifs is 1. The van der Waals surface area contributed by atoms with Gasteiger partial charge < -0.3 is 0 Å². The fraction of sp³-hybridized carbons (Fsp3) is 0.583. The van der Waals surface area contributed by atoms with Gasteiger partial charge in [-0.05, 0) is 37.5 Å². The van der Waals surface area contributed by atoms with Crippen molar-refractivity contribution in [1.29, 1.82) is 0 Å². The monoisotopic (exact) mass is 283 g/mol. The van der Waals surface area contributed by atoms with E-state index in [0.717, 1.165) is 29.5 Å². The topological polar surface area (TPSA) is 79.2 Å². The van der Waals surface area contributed by atoms with Crippen molar-refractivity contribution in [2.45, 2.75) is 39.3 Å². The molecular formula is C12H17N3O3S. The lowest BCUT2D eigenvalue weighted by Gasteiger charge is -2.32. The maximum absolute atomic E-state index is 11.7. The third-order valence-electron chi connectivity index (χ3n) is 3.55. The van der Waals surface area contributed by atoms with Gasteiger partial charge in [-0.15, -0.1) is 4.91 Å². The fourth-order valence-corrected chi connectivity index (χ4v) is 3.57. The van der Waals surface area contributed by atoms with E-state index in [1.54, 1.807) is 5.01 Å². The van der Waals surface area contributed by atoms with Gasteiger partial charge >= 0.3 is 0 Å². The van der Waals surface area contributed by atoms with Gasteiger partial charge in [0, 0.05) is 12.0 Å². The van der Waals surface area contributed by atoms with E-state index in [2.05, 4.69) is 10.3 Å². The summed E-state index contributed by atoms with van der Waals surface area (Å²) in [5, 5.41) is 8.60. The summed E-state index contributed by atoms with van der Waals surface area (Å²) in [6.45, 7) is 5.78. The predicted octanol–water partition coefficient (Wildman–Crippen LogP) is 1.81. The minimum absolute atomic E-state index is 0.138. The molecule has 0 saturated heterocycles. The molecule has 7 heteroatoms. The Labute approximate surface area is 112 Å². The quantitative estimate of drug-likeness (QED) is 0.724. The first kappa shape index (κ1) is 13.9. The highest BCUT2D eigenvalue weighted by Crippen LogP contribution is 2.36. The molecule has 19 heavy (non-hydrogen) atoms. The summed E-state index contributed by atoms with van der Waals surface area (Å²) in [5.74, 6) is 0. The van der Waals surface area contributed by atoms with Gasteiger partial charge in [0.1, 0.15) is 6.04 Å². The Morgan fingerprint density at radius 2 is 2.05 bits per heavy atom. The molecule has 2 heterocycles. The molecule has 2 rings (SSSR count). The molecule has 2 unspecified atom stereocenters. The standard InChI is InChI=1S/C12H17N3O3S/c1-5-9-7(2)6-8(3)15-11(9)10(14-16)12(13-15)19(4,17)18/h6,10-11H,5H2,1-4H3. The second kappa shape index (κ2) is 4.56. The van der Waals surface area contributed by atoms with Crippen LogP contribution in [0.2, 0.25) is 0 Å². The van der Waals surface area contributed by atoms with Gasteiger partial charge in [-0.1, -0.05) is 12.1 Å². The molecule has 0 N–H and O–H groups in total.